The number of hydrogen-bond acceptors (Lipinski definition) is 5. The molecule has 1 saturated heterocycles. The van der Waals surface area contributed by atoms with Gasteiger partial charge >= 0.3 is 11.5 Å². The van der Waals surface area contributed by atoms with Gasteiger partial charge < -0.3 is 4.90 Å². The molecule has 0 N–H and O–H groups in total. The zero-order valence-corrected chi connectivity index (χ0v) is 18.6. The minimum absolute atomic E-state index is 0.0723. The SMILES string of the molecule is CC1(C)C(=O)N(c2ccc(S(=O)(=O)C(F)(F)F)cc2)C(=O)N1Cc1ccnc2c(F)cccc12. The number of aromatic nitrogens is 1. The Kier molecular flexibility index (Phi) is 5.39. The molecule has 2 heterocycles. The largest absolute Gasteiger partial charge is 0.501 e. The van der Waals surface area contributed by atoms with E-state index in [0.29, 0.717) is 23.1 Å². The first kappa shape index (κ1) is 23.6. The second kappa shape index (κ2) is 7.76. The molecule has 4 rings (SSSR count). The lowest BCUT2D eigenvalue weighted by molar-refractivity contribution is -0.123. The Morgan fingerprint density at radius 1 is 1.00 bits per heavy atom. The number of halogens is 4. The number of rotatable bonds is 4. The van der Waals surface area contributed by atoms with E-state index in [0.717, 1.165) is 17.0 Å². The summed E-state index contributed by atoms with van der Waals surface area (Å²) in [5.74, 6) is -1.20. The molecule has 0 atom stereocenters. The molecule has 3 amide bonds. The summed E-state index contributed by atoms with van der Waals surface area (Å²) in [5.41, 5.74) is -6.28. The van der Waals surface area contributed by atoms with Gasteiger partial charge in [0.25, 0.3) is 15.7 Å². The fourth-order valence-electron chi connectivity index (χ4n) is 3.74. The molecule has 1 aliphatic rings. The van der Waals surface area contributed by atoms with Crippen molar-refractivity contribution >= 4 is 38.4 Å². The highest BCUT2D eigenvalue weighted by molar-refractivity contribution is 7.92. The molecule has 12 heteroatoms. The van der Waals surface area contributed by atoms with Crippen LogP contribution in [0.3, 0.4) is 0 Å². The molecule has 0 unspecified atom stereocenters. The molecule has 7 nitrogen and oxygen atoms in total. The Hall–Kier alpha value is -3.54. The standard InChI is InChI=1S/C22H17F4N3O4S/c1-21(2)19(30)29(14-6-8-15(9-7-14)34(32,33)22(24,25)26)20(31)28(21)12-13-10-11-27-18-16(13)4-3-5-17(18)23/h3-11H,12H2,1-2H3. The average Bonchev–Trinajstić information content (AvgIpc) is 2.93. The van der Waals surface area contributed by atoms with Crippen LogP contribution < -0.4 is 4.90 Å². The number of imide groups is 1. The molecule has 2 aromatic carbocycles. The zero-order chi connectivity index (χ0) is 25.1. The van der Waals surface area contributed by atoms with Crippen LogP contribution in [-0.4, -0.2) is 41.3 Å². The Bertz CT molecular complexity index is 1420. The number of benzene rings is 2. The second-order valence-corrected chi connectivity index (χ2v) is 10.1. The number of nitrogens with zero attached hydrogens (tertiary/aromatic N) is 3. The van der Waals surface area contributed by atoms with Crippen LogP contribution >= 0.6 is 0 Å². The van der Waals surface area contributed by atoms with Crippen LogP contribution in [0.2, 0.25) is 0 Å². The minimum Gasteiger partial charge on any atom is -0.305 e. The maximum atomic E-state index is 14.1. The molecule has 0 spiro atoms. The summed E-state index contributed by atoms with van der Waals surface area (Å²) in [7, 11) is -5.58. The van der Waals surface area contributed by atoms with Crippen molar-refractivity contribution in [3.05, 3.63) is 66.1 Å². The fraction of sp³-hybridized carbons (Fsp3) is 0.227. The predicted octanol–water partition coefficient (Wildman–Crippen LogP) is 4.41. The van der Waals surface area contributed by atoms with Gasteiger partial charge in [-0.3, -0.25) is 9.78 Å². The molecule has 3 aromatic rings. The number of para-hydroxylation sites is 1. The topological polar surface area (TPSA) is 87.7 Å². The van der Waals surface area contributed by atoms with Crippen LogP contribution in [0.15, 0.2) is 59.6 Å². The van der Waals surface area contributed by atoms with Crippen molar-refractivity contribution in [1.29, 1.82) is 0 Å². The molecule has 0 aliphatic carbocycles. The number of pyridine rings is 1. The van der Waals surface area contributed by atoms with Crippen molar-refractivity contribution in [1.82, 2.24) is 9.88 Å². The number of urea groups is 1. The van der Waals surface area contributed by atoms with E-state index in [1.807, 2.05) is 0 Å². The minimum atomic E-state index is -5.58. The summed E-state index contributed by atoms with van der Waals surface area (Å²) in [6.07, 6.45) is 1.38. The molecule has 0 bridgehead atoms. The maximum Gasteiger partial charge on any atom is 0.501 e. The molecule has 0 radical (unpaired) electrons. The quantitative estimate of drug-likeness (QED) is 0.395. The molecule has 34 heavy (non-hydrogen) atoms. The van der Waals surface area contributed by atoms with Gasteiger partial charge in [0.2, 0.25) is 0 Å². The summed E-state index contributed by atoms with van der Waals surface area (Å²) >= 11 is 0. The second-order valence-electron chi connectivity index (χ2n) is 8.12. The lowest BCUT2D eigenvalue weighted by atomic mass is 10.0. The van der Waals surface area contributed by atoms with Gasteiger partial charge in [0.05, 0.1) is 10.6 Å². The van der Waals surface area contributed by atoms with E-state index in [2.05, 4.69) is 4.98 Å². The van der Waals surface area contributed by atoms with Crippen molar-refractivity contribution in [2.75, 3.05) is 4.90 Å². The Morgan fingerprint density at radius 3 is 2.26 bits per heavy atom. The van der Waals surface area contributed by atoms with Crippen molar-refractivity contribution in [3.8, 4) is 0 Å². The third-order valence-corrected chi connectivity index (χ3v) is 7.18. The number of amides is 3. The van der Waals surface area contributed by atoms with Gasteiger partial charge in [-0.05, 0) is 55.8 Å². The van der Waals surface area contributed by atoms with Crippen LogP contribution in [0.5, 0.6) is 0 Å². The molecule has 178 valence electrons. The number of hydrogen-bond donors (Lipinski definition) is 0. The Balaban J connectivity index is 1.69. The summed E-state index contributed by atoms with van der Waals surface area (Å²) in [4.78, 5) is 31.3. The summed E-state index contributed by atoms with van der Waals surface area (Å²) in [6.45, 7) is 2.93. The Morgan fingerprint density at radius 2 is 1.65 bits per heavy atom. The number of carbonyl (C=O) groups is 2. The first-order valence-corrected chi connectivity index (χ1v) is 11.3. The summed E-state index contributed by atoms with van der Waals surface area (Å²) in [6, 6.07) is 8.51. The zero-order valence-electron chi connectivity index (χ0n) is 17.8. The van der Waals surface area contributed by atoms with E-state index in [1.165, 1.54) is 37.1 Å². The first-order chi connectivity index (χ1) is 15.8. The first-order valence-electron chi connectivity index (χ1n) is 9.86. The van der Waals surface area contributed by atoms with Gasteiger partial charge in [0.1, 0.15) is 16.9 Å². The molecule has 1 fully saturated rings. The highest BCUT2D eigenvalue weighted by Crippen LogP contribution is 2.36. The number of fused-ring (bicyclic) bond motifs is 1. The van der Waals surface area contributed by atoms with E-state index < -0.39 is 43.5 Å². The summed E-state index contributed by atoms with van der Waals surface area (Å²) < 4.78 is 75.7. The van der Waals surface area contributed by atoms with E-state index in [1.54, 1.807) is 12.1 Å². The summed E-state index contributed by atoms with van der Waals surface area (Å²) in [5, 5.41) is 0.457. The van der Waals surface area contributed by atoms with Crippen LogP contribution in [-0.2, 0) is 21.2 Å². The van der Waals surface area contributed by atoms with E-state index in [-0.39, 0.29) is 17.7 Å². The molecular weight excluding hydrogens is 478 g/mol. The Labute approximate surface area is 191 Å². The third kappa shape index (κ3) is 3.58. The number of anilines is 1. The van der Waals surface area contributed by atoms with E-state index in [4.69, 9.17) is 0 Å². The van der Waals surface area contributed by atoms with Crippen molar-refractivity contribution in [2.45, 2.75) is 36.3 Å². The van der Waals surface area contributed by atoms with Gasteiger partial charge in [-0.25, -0.2) is 22.5 Å². The van der Waals surface area contributed by atoms with E-state index in [9.17, 15) is 35.6 Å². The van der Waals surface area contributed by atoms with Gasteiger partial charge in [-0.2, -0.15) is 13.2 Å². The van der Waals surface area contributed by atoms with Crippen LogP contribution in [0.4, 0.5) is 28.0 Å². The molecule has 1 aromatic heterocycles. The lowest BCUT2D eigenvalue weighted by Gasteiger charge is -2.28. The smallest absolute Gasteiger partial charge is 0.305 e. The molecular formula is C22H17F4N3O4S. The monoisotopic (exact) mass is 495 g/mol. The van der Waals surface area contributed by atoms with Gasteiger partial charge in [0.15, 0.2) is 0 Å². The number of carbonyl (C=O) groups excluding carboxylic acids is 2. The van der Waals surface area contributed by atoms with Gasteiger partial charge in [-0.15, -0.1) is 0 Å². The highest BCUT2D eigenvalue weighted by atomic mass is 32.2. The van der Waals surface area contributed by atoms with Gasteiger partial charge in [-0.1, -0.05) is 12.1 Å². The predicted molar refractivity (Wildman–Crippen MR) is 114 cm³/mol. The van der Waals surface area contributed by atoms with Crippen LogP contribution in [0.1, 0.15) is 19.4 Å². The molecule has 0 saturated carbocycles. The lowest BCUT2D eigenvalue weighted by Crippen LogP contribution is -2.43. The number of alkyl halides is 3. The fourth-order valence-corrected chi connectivity index (χ4v) is 4.50. The van der Waals surface area contributed by atoms with Crippen LogP contribution in [0.25, 0.3) is 10.9 Å². The average molecular weight is 495 g/mol. The molecule has 1 aliphatic heterocycles. The third-order valence-electron chi connectivity index (χ3n) is 5.67. The normalized spacial score (nSPS) is 16.5. The van der Waals surface area contributed by atoms with Crippen molar-refractivity contribution in [3.63, 3.8) is 0 Å². The van der Waals surface area contributed by atoms with E-state index >= 15 is 0 Å². The van der Waals surface area contributed by atoms with Crippen molar-refractivity contribution in [2.24, 2.45) is 0 Å². The maximum absolute atomic E-state index is 14.1. The van der Waals surface area contributed by atoms with Crippen molar-refractivity contribution < 1.29 is 35.6 Å². The van der Waals surface area contributed by atoms with Gasteiger partial charge in [0, 0.05) is 18.1 Å². The highest BCUT2D eigenvalue weighted by Gasteiger charge is 2.52. The number of sulfone groups is 1. The van der Waals surface area contributed by atoms with Crippen LogP contribution in [0, 0.1) is 5.82 Å².